The van der Waals surface area contributed by atoms with Crippen molar-refractivity contribution >= 4 is 0 Å². The maximum atomic E-state index is 11.4. The van der Waals surface area contributed by atoms with Gasteiger partial charge in [0.25, 0.3) is 0 Å². The van der Waals surface area contributed by atoms with Crippen LogP contribution in [-0.2, 0) is 13.0 Å². The second kappa shape index (κ2) is 9.66. The zero-order chi connectivity index (χ0) is 23.3. The lowest BCUT2D eigenvalue weighted by molar-refractivity contribution is -0.605. The van der Waals surface area contributed by atoms with E-state index in [0.717, 1.165) is 63.3 Å². The van der Waals surface area contributed by atoms with Crippen LogP contribution < -0.4 is 4.73 Å². The van der Waals surface area contributed by atoms with Gasteiger partial charge in [0.05, 0.1) is 5.69 Å². The number of nitrogens with one attached hydrogen (secondary N) is 1. The van der Waals surface area contributed by atoms with Gasteiger partial charge in [-0.05, 0) is 39.6 Å². The van der Waals surface area contributed by atoms with Crippen LogP contribution in [-0.4, -0.2) is 30.2 Å². The second-order valence-corrected chi connectivity index (χ2v) is 8.22. The molecule has 0 radical (unpaired) electrons. The average Bonchev–Trinajstić information content (AvgIpc) is 3.54. The molecule has 0 saturated carbocycles. The van der Waals surface area contributed by atoms with Crippen molar-refractivity contribution < 1.29 is 4.73 Å². The number of rotatable bonds is 8. The van der Waals surface area contributed by atoms with Crippen LogP contribution in [0.3, 0.4) is 0 Å². The van der Waals surface area contributed by atoms with Crippen LogP contribution in [0.15, 0.2) is 79.3 Å². The first-order valence-corrected chi connectivity index (χ1v) is 11.4. The van der Waals surface area contributed by atoms with E-state index in [1.807, 2.05) is 18.2 Å². The van der Waals surface area contributed by atoms with E-state index in [9.17, 15) is 5.21 Å². The second-order valence-electron chi connectivity index (χ2n) is 8.22. The molecule has 0 aliphatic heterocycles. The Hall–Kier alpha value is -4.33. The number of pyridine rings is 1. The summed E-state index contributed by atoms with van der Waals surface area (Å²) in [4.78, 5) is 4.89. The molecule has 8 heteroatoms. The number of tetrazole rings is 1. The lowest BCUT2D eigenvalue weighted by Crippen LogP contribution is -2.23. The molecule has 0 aliphatic carbocycles. The highest BCUT2D eigenvalue weighted by Crippen LogP contribution is 2.31. The number of hydrogen-bond acceptors (Lipinski definition) is 5. The highest BCUT2D eigenvalue weighted by Gasteiger charge is 2.14. The van der Waals surface area contributed by atoms with Crippen LogP contribution >= 0.6 is 0 Å². The summed E-state index contributed by atoms with van der Waals surface area (Å²) >= 11 is 0. The molecule has 3 heterocycles. The van der Waals surface area contributed by atoms with Crippen LogP contribution in [0, 0.1) is 5.21 Å². The van der Waals surface area contributed by atoms with Gasteiger partial charge in [0.2, 0.25) is 0 Å². The largest absolute Gasteiger partial charge is 0.619 e. The summed E-state index contributed by atoms with van der Waals surface area (Å²) < 4.78 is 2.98. The van der Waals surface area contributed by atoms with Gasteiger partial charge in [-0.25, -0.2) is 10.1 Å². The van der Waals surface area contributed by atoms with Crippen LogP contribution in [0.1, 0.15) is 31.2 Å². The third kappa shape index (κ3) is 4.56. The number of aryl methyl sites for hydroxylation is 1. The number of hydrogen-bond donors (Lipinski definition) is 1. The first-order valence-electron chi connectivity index (χ1n) is 11.4. The number of benzene rings is 2. The summed E-state index contributed by atoms with van der Waals surface area (Å²) in [6, 6.07) is 20.2. The Bertz CT molecular complexity index is 1360. The molecule has 8 nitrogen and oxygen atoms in total. The maximum absolute atomic E-state index is 11.4. The van der Waals surface area contributed by atoms with Crippen molar-refractivity contribution in [2.24, 2.45) is 0 Å². The van der Waals surface area contributed by atoms with Crippen molar-refractivity contribution in [3.63, 3.8) is 0 Å². The van der Waals surface area contributed by atoms with Gasteiger partial charge in [-0.1, -0.05) is 55.8 Å². The fourth-order valence-electron chi connectivity index (χ4n) is 4.07. The van der Waals surface area contributed by atoms with E-state index in [2.05, 4.69) is 68.6 Å². The minimum atomic E-state index is 0.633. The molecule has 0 unspecified atom stereocenters. The van der Waals surface area contributed by atoms with Crippen molar-refractivity contribution in [3.05, 3.63) is 95.8 Å². The normalized spacial score (nSPS) is 11.1. The predicted octanol–water partition coefficient (Wildman–Crippen LogP) is 4.42. The fraction of sp³-hybridized carbons (Fsp3) is 0.192. The molecule has 34 heavy (non-hydrogen) atoms. The van der Waals surface area contributed by atoms with Gasteiger partial charge < -0.3 is 9.77 Å². The molecule has 0 saturated heterocycles. The molecule has 5 rings (SSSR count). The molecule has 0 amide bonds. The van der Waals surface area contributed by atoms with Crippen molar-refractivity contribution in [1.82, 2.24) is 30.2 Å². The van der Waals surface area contributed by atoms with Crippen molar-refractivity contribution in [2.75, 3.05) is 0 Å². The molecule has 5 aromatic rings. The standard InChI is InChI=1S/C26H25N7O/c1-2-3-9-25-27-24(21-12-14-33(34)15-13-21)18-32(25)17-19-10-11-22(20-7-5-4-6-8-20)23(16-19)26-28-30-31-29-26/h4-8,10-16,18H,2-3,9,17H2,1H3,(H,28,29,30,31). The number of imidazole rings is 1. The zero-order valence-electron chi connectivity index (χ0n) is 18.9. The van der Waals surface area contributed by atoms with Gasteiger partial charge in [-0.3, -0.25) is 0 Å². The lowest BCUT2D eigenvalue weighted by Gasteiger charge is -2.12. The van der Waals surface area contributed by atoms with Crippen LogP contribution in [0.25, 0.3) is 33.8 Å². The summed E-state index contributed by atoms with van der Waals surface area (Å²) in [7, 11) is 0. The first kappa shape index (κ1) is 21.5. The SMILES string of the molecule is CCCCc1nc(-c2cc[n+]([O-])cc2)cn1Cc1ccc(-c2ccccc2)c(-c2nnn[nH]2)c1. The highest BCUT2D eigenvalue weighted by molar-refractivity contribution is 5.80. The molecule has 0 fully saturated rings. The Labute approximate surface area is 197 Å². The molecule has 0 aliphatic rings. The van der Waals surface area contributed by atoms with Gasteiger partial charge in [-0.15, -0.1) is 5.10 Å². The van der Waals surface area contributed by atoms with E-state index in [-0.39, 0.29) is 0 Å². The van der Waals surface area contributed by atoms with Crippen LogP contribution in [0.4, 0.5) is 0 Å². The van der Waals surface area contributed by atoms with Gasteiger partial charge in [0, 0.05) is 42.4 Å². The van der Waals surface area contributed by atoms with Gasteiger partial charge >= 0.3 is 0 Å². The zero-order valence-corrected chi connectivity index (χ0v) is 18.9. The summed E-state index contributed by atoms with van der Waals surface area (Å²) in [5.74, 6) is 1.67. The molecule has 2 aromatic carbocycles. The topological polar surface area (TPSA) is 99.2 Å². The Morgan fingerprint density at radius 3 is 2.53 bits per heavy atom. The van der Waals surface area contributed by atoms with Crippen molar-refractivity contribution in [3.8, 4) is 33.8 Å². The molecular formula is C26H25N7O. The van der Waals surface area contributed by atoms with Crippen molar-refractivity contribution in [1.29, 1.82) is 0 Å². The van der Waals surface area contributed by atoms with E-state index >= 15 is 0 Å². The quantitative estimate of drug-likeness (QED) is 0.278. The monoisotopic (exact) mass is 451 g/mol. The smallest absolute Gasteiger partial charge is 0.181 e. The third-order valence-corrected chi connectivity index (χ3v) is 5.83. The predicted molar refractivity (Wildman–Crippen MR) is 129 cm³/mol. The van der Waals surface area contributed by atoms with E-state index in [0.29, 0.717) is 12.4 Å². The minimum Gasteiger partial charge on any atom is -0.619 e. The summed E-state index contributed by atoms with van der Waals surface area (Å²) in [5.41, 5.74) is 6.04. The summed E-state index contributed by atoms with van der Waals surface area (Å²) in [6.07, 6.45) is 8.12. The average molecular weight is 452 g/mol. The van der Waals surface area contributed by atoms with Crippen LogP contribution in [0.5, 0.6) is 0 Å². The molecule has 0 atom stereocenters. The molecule has 3 aromatic heterocycles. The van der Waals surface area contributed by atoms with E-state index in [1.54, 1.807) is 12.1 Å². The Balaban J connectivity index is 1.52. The number of H-pyrrole nitrogens is 1. The van der Waals surface area contributed by atoms with Gasteiger partial charge in [0.1, 0.15) is 5.82 Å². The van der Waals surface area contributed by atoms with Crippen molar-refractivity contribution in [2.45, 2.75) is 32.7 Å². The Kier molecular flexibility index (Phi) is 6.11. The number of unbranched alkanes of at least 4 members (excludes halogenated alkanes) is 1. The first-order chi connectivity index (χ1) is 16.7. The van der Waals surface area contributed by atoms with E-state index in [1.165, 1.54) is 12.4 Å². The van der Waals surface area contributed by atoms with E-state index in [4.69, 9.17) is 4.98 Å². The summed E-state index contributed by atoms with van der Waals surface area (Å²) in [6.45, 7) is 2.85. The minimum absolute atomic E-state index is 0.633. The van der Waals surface area contributed by atoms with Gasteiger partial charge in [-0.2, -0.15) is 4.73 Å². The number of nitrogens with zero attached hydrogens (tertiary/aromatic N) is 6. The van der Waals surface area contributed by atoms with E-state index < -0.39 is 0 Å². The molecule has 1 N–H and O–H groups in total. The Morgan fingerprint density at radius 2 is 1.79 bits per heavy atom. The fourth-order valence-corrected chi connectivity index (χ4v) is 4.07. The molecule has 170 valence electrons. The van der Waals surface area contributed by atoms with Crippen LogP contribution in [0.2, 0.25) is 0 Å². The number of aromatic amines is 1. The molecule has 0 bridgehead atoms. The Morgan fingerprint density at radius 1 is 0.971 bits per heavy atom. The molecule has 0 spiro atoms. The highest BCUT2D eigenvalue weighted by atomic mass is 16.5. The molecular weight excluding hydrogens is 426 g/mol. The lowest BCUT2D eigenvalue weighted by atomic mass is 9.97. The number of aromatic nitrogens is 7. The van der Waals surface area contributed by atoms with Gasteiger partial charge in [0.15, 0.2) is 18.2 Å². The maximum Gasteiger partial charge on any atom is 0.181 e. The summed E-state index contributed by atoms with van der Waals surface area (Å²) in [5, 5.41) is 26.1. The third-order valence-electron chi connectivity index (χ3n) is 5.83.